The molecule has 1 aliphatic heterocycles. The van der Waals surface area contributed by atoms with Crippen LogP contribution in [-0.2, 0) is 11.2 Å². The molecular formula is C22H29N7O4S. The van der Waals surface area contributed by atoms with Crippen molar-refractivity contribution < 1.29 is 19.7 Å². The number of nitrogens with two attached hydrogens (primary N) is 1. The van der Waals surface area contributed by atoms with Crippen LogP contribution in [0.5, 0.6) is 0 Å². The van der Waals surface area contributed by atoms with Gasteiger partial charge in [-0.3, -0.25) is 4.57 Å². The average molecular weight is 488 g/mol. The summed E-state index contributed by atoms with van der Waals surface area (Å²) in [6.07, 6.45) is 0.962. The van der Waals surface area contributed by atoms with Crippen molar-refractivity contribution in [3.63, 3.8) is 0 Å². The van der Waals surface area contributed by atoms with Gasteiger partial charge in [0.25, 0.3) is 0 Å². The molecule has 1 saturated heterocycles. The van der Waals surface area contributed by atoms with Gasteiger partial charge < -0.3 is 31.3 Å². The number of fused-ring (bicyclic) bond motifs is 1. The van der Waals surface area contributed by atoms with Crippen molar-refractivity contribution in [2.75, 3.05) is 30.3 Å². The number of anilines is 1. The Hall–Kier alpha value is -2.93. The minimum Gasteiger partial charge on any atom is -0.387 e. The second-order valence-corrected chi connectivity index (χ2v) is 9.13. The van der Waals surface area contributed by atoms with Gasteiger partial charge in [0.05, 0.1) is 12.4 Å². The topological polar surface area (TPSA) is 160 Å². The van der Waals surface area contributed by atoms with Crippen molar-refractivity contribution in [1.82, 2.24) is 30.2 Å². The molecule has 4 atom stereocenters. The molecule has 0 spiro atoms. The van der Waals surface area contributed by atoms with Crippen LogP contribution in [0.4, 0.5) is 10.6 Å². The number of nitrogens with zero attached hydrogens (tertiary/aromatic N) is 4. The first-order valence-electron chi connectivity index (χ1n) is 11.1. The number of aryl methyl sites for hydroxylation is 1. The molecule has 0 saturated carbocycles. The zero-order chi connectivity index (χ0) is 23.9. The smallest absolute Gasteiger partial charge is 0.314 e. The van der Waals surface area contributed by atoms with Gasteiger partial charge in [-0.25, -0.2) is 19.7 Å². The van der Waals surface area contributed by atoms with Crippen LogP contribution < -0.4 is 16.4 Å². The number of ether oxygens (including phenoxy) is 1. The largest absolute Gasteiger partial charge is 0.387 e. The molecule has 0 bridgehead atoms. The SMILES string of the molecule is Nc1ncnc2c1ncn2[C@@H]1O[C@H](CSCCNC(=O)NCCCc2ccccc2)[C@@H](O)[C@H]1O. The van der Waals surface area contributed by atoms with Crippen LogP contribution in [0.25, 0.3) is 11.2 Å². The number of carbonyl (C=O) groups is 1. The van der Waals surface area contributed by atoms with E-state index in [2.05, 4.69) is 37.7 Å². The molecule has 6 N–H and O–H groups in total. The maximum atomic E-state index is 11.9. The first kappa shape index (κ1) is 24.2. The van der Waals surface area contributed by atoms with Crippen molar-refractivity contribution in [2.45, 2.75) is 37.4 Å². The zero-order valence-electron chi connectivity index (χ0n) is 18.6. The highest BCUT2D eigenvalue weighted by Gasteiger charge is 2.44. The number of urea groups is 1. The number of carbonyl (C=O) groups excluding carboxylic acids is 1. The maximum absolute atomic E-state index is 11.9. The van der Waals surface area contributed by atoms with Crippen LogP contribution in [0.2, 0.25) is 0 Å². The molecule has 12 heteroatoms. The number of imidazole rings is 1. The minimum absolute atomic E-state index is 0.199. The van der Waals surface area contributed by atoms with Crippen molar-refractivity contribution in [1.29, 1.82) is 0 Å². The fourth-order valence-corrected chi connectivity index (χ4v) is 4.71. The van der Waals surface area contributed by atoms with Gasteiger partial charge in [-0.05, 0) is 18.4 Å². The highest BCUT2D eigenvalue weighted by atomic mass is 32.2. The van der Waals surface area contributed by atoms with Gasteiger partial charge in [0.1, 0.15) is 24.1 Å². The van der Waals surface area contributed by atoms with Crippen molar-refractivity contribution >= 4 is 34.8 Å². The number of benzene rings is 1. The average Bonchev–Trinajstić information content (AvgIpc) is 3.39. The number of thioether (sulfide) groups is 1. The molecule has 1 fully saturated rings. The zero-order valence-corrected chi connectivity index (χ0v) is 19.4. The van der Waals surface area contributed by atoms with E-state index in [4.69, 9.17) is 10.5 Å². The maximum Gasteiger partial charge on any atom is 0.314 e. The van der Waals surface area contributed by atoms with Crippen molar-refractivity contribution in [3.05, 3.63) is 48.5 Å². The molecule has 3 heterocycles. The van der Waals surface area contributed by atoms with Crippen molar-refractivity contribution in [2.24, 2.45) is 0 Å². The highest BCUT2D eigenvalue weighted by molar-refractivity contribution is 7.99. The second kappa shape index (κ2) is 11.5. The standard InChI is InChI=1S/C22H29N7O4S/c23-19-16-20(27-12-26-19)29(13-28-16)21-18(31)17(30)15(33-21)11-34-10-9-25-22(32)24-8-4-7-14-5-2-1-3-6-14/h1-3,5-6,12-13,15,17-18,21,30-31H,4,7-11H2,(H2,23,26,27)(H2,24,25,32)/t15-,17-,18-,21-/m1/s1. The lowest BCUT2D eigenvalue weighted by molar-refractivity contribution is -0.0289. The second-order valence-electron chi connectivity index (χ2n) is 7.98. The van der Waals surface area contributed by atoms with Crippen LogP contribution in [0.1, 0.15) is 18.2 Å². The van der Waals surface area contributed by atoms with E-state index < -0.39 is 24.5 Å². The van der Waals surface area contributed by atoms with Crippen LogP contribution in [0.3, 0.4) is 0 Å². The Morgan fingerprint density at radius 1 is 1.12 bits per heavy atom. The van der Waals surface area contributed by atoms with E-state index in [9.17, 15) is 15.0 Å². The fraction of sp³-hybridized carbons (Fsp3) is 0.455. The Bertz CT molecular complexity index is 1080. The Morgan fingerprint density at radius 2 is 1.91 bits per heavy atom. The minimum atomic E-state index is -1.14. The van der Waals surface area contributed by atoms with Gasteiger partial charge in [0.2, 0.25) is 0 Å². The predicted octanol–water partition coefficient (Wildman–Crippen LogP) is 0.693. The monoisotopic (exact) mass is 487 g/mol. The molecule has 2 aromatic heterocycles. The van der Waals surface area contributed by atoms with E-state index >= 15 is 0 Å². The molecule has 1 aromatic carbocycles. The summed E-state index contributed by atoms with van der Waals surface area (Å²) in [5.74, 6) is 1.33. The molecular weight excluding hydrogens is 458 g/mol. The van der Waals surface area contributed by atoms with Crippen LogP contribution >= 0.6 is 11.8 Å². The van der Waals surface area contributed by atoms with Gasteiger partial charge in [0.15, 0.2) is 17.7 Å². The number of nitrogens with one attached hydrogen (secondary N) is 2. The van der Waals surface area contributed by atoms with Crippen LogP contribution in [-0.4, -0.2) is 78.7 Å². The Morgan fingerprint density at radius 3 is 2.74 bits per heavy atom. The van der Waals surface area contributed by atoms with Gasteiger partial charge in [-0.2, -0.15) is 11.8 Å². The summed E-state index contributed by atoms with van der Waals surface area (Å²) in [4.78, 5) is 24.2. The van der Waals surface area contributed by atoms with Crippen LogP contribution in [0.15, 0.2) is 43.0 Å². The summed E-state index contributed by atoms with van der Waals surface area (Å²) >= 11 is 1.52. The van der Waals surface area contributed by atoms with E-state index in [-0.39, 0.29) is 11.8 Å². The third kappa shape index (κ3) is 5.76. The number of aliphatic hydroxyl groups excluding tert-OH is 2. The summed E-state index contributed by atoms with van der Waals surface area (Å²) in [6, 6.07) is 9.95. The molecule has 0 aliphatic carbocycles. The molecule has 3 aromatic rings. The van der Waals surface area contributed by atoms with Gasteiger partial charge in [0, 0.05) is 24.6 Å². The third-order valence-corrected chi connectivity index (χ3v) is 6.64. The Balaban J connectivity index is 1.14. The molecule has 11 nitrogen and oxygen atoms in total. The lowest BCUT2D eigenvalue weighted by Crippen LogP contribution is -2.37. The van der Waals surface area contributed by atoms with E-state index in [1.165, 1.54) is 30.0 Å². The first-order chi connectivity index (χ1) is 16.5. The lowest BCUT2D eigenvalue weighted by atomic mass is 10.1. The molecule has 1 aliphatic rings. The Kier molecular flexibility index (Phi) is 8.16. The number of amides is 2. The summed E-state index contributed by atoms with van der Waals surface area (Å²) in [5, 5.41) is 26.6. The number of hydrogen-bond donors (Lipinski definition) is 5. The number of aliphatic hydroxyl groups is 2. The van der Waals surface area contributed by atoms with Crippen LogP contribution in [0, 0.1) is 0 Å². The summed E-state index contributed by atoms with van der Waals surface area (Å²) < 4.78 is 7.46. The number of aromatic nitrogens is 4. The number of hydrogen-bond acceptors (Lipinski definition) is 9. The van der Waals surface area contributed by atoms with Gasteiger partial charge >= 0.3 is 6.03 Å². The summed E-state index contributed by atoms with van der Waals surface area (Å²) in [7, 11) is 0. The normalized spacial score (nSPS) is 22.2. The summed E-state index contributed by atoms with van der Waals surface area (Å²) in [5.41, 5.74) is 7.91. The van der Waals surface area contributed by atoms with Crippen molar-refractivity contribution in [3.8, 4) is 0 Å². The Labute approximate surface area is 201 Å². The molecule has 0 unspecified atom stereocenters. The fourth-order valence-electron chi connectivity index (χ4n) is 3.79. The molecule has 0 radical (unpaired) electrons. The van der Waals surface area contributed by atoms with E-state index in [0.29, 0.717) is 35.8 Å². The highest BCUT2D eigenvalue weighted by Crippen LogP contribution is 2.33. The van der Waals surface area contributed by atoms with Gasteiger partial charge in [-0.15, -0.1) is 0 Å². The summed E-state index contributed by atoms with van der Waals surface area (Å²) in [6.45, 7) is 1.08. The number of nitrogen functional groups attached to an aromatic ring is 1. The molecule has 182 valence electrons. The van der Waals surface area contributed by atoms with Gasteiger partial charge in [-0.1, -0.05) is 30.3 Å². The van der Waals surface area contributed by atoms with E-state index in [1.807, 2.05) is 18.2 Å². The molecule has 34 heavy (non-hydrogen) atoms. The quantitative estimate of drug-likeness (QED) is 0.259. The predicted molar refractivity (Wildman–Crippen MR) is 129 cm³/mol. The lowest BCUT2D eigenvalue weighted by Gasteiger charge is -2.16. The molecule has 2 amide bonds. The first-order valence-corrected chi connectivity index (χ1v) is 12.3. The number of rotatable bonds is 10. The third-order valence-electron chi connectivity index (χ3n) is 5.58. The molecule has 4 rings (SSSR count). The van der Waals surface area contributed by atoms with E-state index in [1.54, 1.807) is 4.57 Å². The van der Waals surface area contributed by atoms with E-state index in [0.717, 1.165) is 12.8 Å².